The quantitative estimate of drug-likeness (QED) is 0.765. The lowest BCUT2D eigenvalue weighted by Gasteiger charge is -2.37. The summed E-state index contributed by atoms with van der Waals surface area (Å²) in [6.07, 6.45) is 3.97. The molecule has 0 aliphatic carbocycles. The summed E-state index contributed by atoms with van der Waals surface area (Å²) in [5, 5.41) is 0. The van der Waals surface area contributed by atoms with Gasteiger partial charge in [-0.15, -0.1) is 0 Å². The zero-order valence-corrected chi connectivity index (χ0v) is 14.6. The maximum atomic E-state index is 12.4. The Bertz CT molecular complexity index is 496. The van der Waals surface area contributed by atoms with Crippen molar-refractivity contribution in [2.75, 3.05) is 6.54 Å². The number of carbonyl (C=O) groups excluding carboxylic acids is 1. The van der Waals surface area contributed by atoms with Crippen LogP contribution in [0.4, 0.5) is 4.79 Å². The number of likely N-dealkylation sites (tertiary alicyclic amines) is 1. The molecule has 4 heteroatoms. The minimum atomic E-state index is -0.438. The Kier molecular flexibility index (Phi) is 5.31. The second-order valence-electron chi connectivity index (χ2n) is 6.62. The fourth-order valence-corrected chi connectivity index (χ4v) is 3.14. The molecular formula is C17H24BrNO2. The van der Waals surface area contributed by atoms with Crippen molar-refractivity contribution in [2.45, 2.75) is 58.1 Å². The molecule has 1 aliphatic rings. The van der Waals surface area contributed by atoms with Gasteiger partial charge < -0.3 is 9.64 Å². The number of ether oxygens (including phenoxy) is 1. The van der Waals surface area contributed by atoms with Crippen LogP contribution in [0.25, 0.3) is 0 Å². The summed E-state index contributed by atoms with van der Waals surface area (Å²) in [7, 11) is 0. The van der Waals surface area contributed by atoms with E-state index in [0.29, 0.717) is 0 Å². The molecule has 3 nitrogen and oxygen atoms in total. The van der Waals surface area contributed by atoms with E-state index in [1.165, 1.54) is 12.0 Å². The molecule has 1 aromatic rings. The fourth-order valence-electron chi connectivity index (χ4n) is 2.69. The lowest BCUT2D eigenvalue weighted by Crippen LogP contribution is -2.47. The van der Waals surface area contributed by atoms with Crippen LogP contribution >= 0.6 is 15.9 Å². The zero-order valence-electron chi connectivity index (χ0n) is 13.1. The van der Waals surface area contributed by atoms with Crippen LogP contribution in [0.5, 0.6) is 0 Å². The third-order valence-corrected chi connectivity index (χ3v) is 4.44. The smallest absolute Gasteiger partial charge is 0.410 e. The van der Waals surface area contributed by atoms with E-state index in [9.17, 15) is 4.79 Å². The zero-order chi connectivity index (χ0) is 15.5. The average molecular weight is 354 g/mol. The van der Waals surface area contributed by atoms with Crippen LogP contribution in [-0.2, 0) is 11.2 Å². The summed E-state index contributed by atoms with van der Waals surface area (Å²) in [6, 6.07) is 8.45. The van der Waals surface area contributed by atoms with Crippen molar-refractivity contribution in [1.29, 1.82) is 0 Å². The number of hydrogen-bond acceptors (Lipinski definition) is 2. The van der Waals surface area contributed by atoms with Crippen LogP contribution in [0.3, 0.4) is 0 Å². The van der Waals surface area contributed by atoms with E-state index in [1.54, 1.807) is 0 Å². The van der Waals surface area contributed by atoms with Crippen LogP contribution < -0.4 is 0 Å². The molecule has 1 amide bonds. The summed E-state index contributed by atoms with van der Waals surface area (Å²) in [5.41, 5.74) is 0.810. The largest absolute Gasteiger partial charge is 0.444 e. The van der Waals surface area contributed by atoms with Crippen molar-refractivity contribution in [2.24, 2.45) is 0 Å². The summed E-state index contributed by atoms with van der Waals surface area (Å²) in [6.45, 7) is 6.54. The predicted octanol–water partition coefficient (Wildman–Crippen LogP) is 4.78. The second-order valence-corrected chi connectivity index (χ2v) is 7.47. The van der Waals surface area contributed by atoms with E-state index in [-0.39, 0.29) is 12.1 Å². The lowest BCUT2D eigenvalue weighted by molar-refractivity contribution is 0.00993. The van der Waals surface area contributed by atoms with Crippen LogP contribution in [0.1, 0.15) is 45.6 Å². The minimum absolute atomic E-state index is 0.181. The van der Waals surface area contributed by atoms with E-state index in [2.05, 4.69) is 28.1 Å². The molecule has 1 aliphatic heterocycles. The van der Waals surface area contributed by atoms with Gasteiger partial charge in [0.15, 0.2) is 0 Å². The standard InChI is InChI=1S/C17H24BrNO2/c1-17(2,3)21-16(20)19-11-7-6-9-14(19)12-13-8-4-5-10-15(13)18/h4-5,8,10,14H,6-7,9,11-12H2,1-3H3. The van der Waals surface area contributed by atoms with Crippen LogP contribution in [0.2, 0.25) is 0 Å². The van der Waals surface area contributed by atoms with Gasteiger partial charge in [-0.3, -0.25) is 0 Å². The number of nitrogens with zero attached hydrogens (tertiary/aromatic N) is 1. The summed E-state index contributed by atoms with van der Waals surface area (Å²) in [4.78, 5) is 14.3. The summed E-state index contributed by atoms with van der Waals surface area (Å²) >= 11 is 3.59. The van der Waals surface area contributed by atoms with Crippen molar-refractivity contribution in [3.8, 4) is 0 Å². The van der Waals surface area contributed by atoms with E-state index in [4.69, 9.17) is 4.74 Å². The molecule has 21 heavy (non-hydrogen) atoms. The number of amides is 1. The molecule has 0 bridgehead atoms. The third kappa shape index (κ3) is 4.73. The summed E-state index contributed by atoms with van der Waals surface area (Å²) in [5.74, 6) is 0. The molecular weight excluding hydrogens is 330 g/mol. The van der Waals surface area contributed by atoms with Crippen LogP contribution in [-0.4, -0.2) is 29.2 Å². The first-order valence-electron chi connectivity index (χ1n) is 7.60. The highest BCUT2D eigenvalue weighted by atomic mass is 79.9. The molecule has 116 valence electrons. The number of piperidine rings is 1. The molecule has 1 fully saturated rings. The molecule has 1 unspecified atom stereocenters. The Morgan fingerprint density at radius 1 is 1.33 bits per heavy atom. The van der Waals surface area contributed by atoms with Gasteiger partial charge in [0, 0.05) is 17.1 Å². The molecule has 0 N–H and O–H groups in total. The van der Waals surface area contributed by atoms with Gasteiger partial charge in [0.25, 0.3) is 0 Å². The van der Waals surface area contributed by atoms with E-state index in [0.717, 1.165) is 30.3 Å². The van der Waals surface area contributed by atoms with Gasteiger partial charge in [0.1, 0.15) is 5.60 Å². The van der Waals surface area contributed by atoms with Gasteiger partial charge in [0.2, 0.25) is 0 Å². The lowest BCUT2D eigenvalue weighted by atomic mass is 9.96. The summed E-state index contributed by atoms with van der Waals surface area (Å²) < 4.78 is 6.66. The van der Waals surface area contributed by atoms with Gasteiger partial charge in [-0.05, 0) is 58.1 Å². The number of carbonyl (C=O) groups is 1. The van der Waals surface area contributed by atoms with Gasteiger partial charge in [-0.25, -0.2) is 4.79 Å². The molecule has 0 saturated carbocycles. The molecule has 1 saturated heterocycles. The normalized spacial score (nSPS) is 19.4. The Balaban J connectivity index is 2.09. The first-order valence-corrected chi connectivity index (χ1v) is 8.39. The van der Waals surface area contributed by atoms with Crippen molar-refractivity contribution in [3.63, 3.8) is 0 Å². The number of halogens is 1. The Labute approximate surface area is 135 Å². The number of rotatable bonds is 2. The van der Waals surface area contributed by atoms with E-state index < -0.39 is 5.60 Å². The topological polar surface area (TPSA) is 29.5 Å². The minimum Gasteiger partial charge on any atom is -0.444 e. The fraction of sp³-hybridized carbons (Fsp3) is 0.588. The first kappa shape index (κ1) is 16.3. The van der Waals surface area contributed by atoms with Crippen molar-refractivity contribution in [1.82, 2.24) is 4.90 Å². The van der Waals surface area contributed by atoms with Crippen LogP contribution in [0.15, 0.2) is 28.7 Å². The molecule has 1 atom stereocenters. The highest BCUT2D eigenvalue weighted by Gasteiger charge is 2.30. The molecule has 0 spiro atoms. The third-order valence-electron chi connectivity index (χ3n) is 3.67. The van der Waals surface area contributed by atoms with Crippen molar-refractivity contribution < 1.29 is 9.53 Å². The molecule has 0 radical (unpaired) electrons. The Morgan fingerprint density at radius 3 is 2.71 bits per heavy atom. The first-order chi connectivity index (χ1) is 9.87. The molecule has 2 rings (SSSR count). The monoisotopic (exact) mass is 353 g/mol. The highest BCUT2D eigenvalue weighted by Crippen LogP contribution is 2.26. The maximum absolute atomic E-state index is 12.4. The molecule has 1 heterocycles. The average Bonchev–Trinajstić information content (AvgIpc) is 2.40. The van der Waals surface area contributed by atoms with Crippen molar-refractivity contribution >= 4 is 22.0 Å². The SMILES string of the molecule is CC(C)(C)OC(=O)N1CCCCC1Cc1ccccc1Br. The van der Waals surface area contributed by atoms with Gasteiger partial charge in [-0.1, -0.05) is 34.1 Å². The maximum Gasteiger partial charge on any atom is 0.410 e. The Hall–Kier alpha value is -1.03. The van der Waals surface area contributed by atoms with Crippen LogP contribution in [0, 0.1) is 0 Å². The highest BCUT2D eigenvalue weighted by molar-refractivity contribution is 9.10. The van der Waals surface area contributed by atoms with E-state index in [1.807, 2.05) is 37.8 Å². The number of hydrogen-bond donors (Lipinski definition) is 0. The van der Waals surface area contributed by atoms with E-state index >= 15 is 0 Å². The second kappa shape index (κ2) is 6.82. The Morgan fingerprint density at radius 2 is 2.05 bits per heavy atom. The van der Waals surface area contributed by atoms with Crippen molar-refractivity contribution in [3.05, 3.63) is 34.3 Å². The number of benzene rings is 1. The van der Waals surface area contributed by atoms with Gasteiger partial charge in [-0.2, -0.15) is 0 Å². The molecule has 0 aromatic heterocycles. The predicted molar refractivity (Wildman–Crippen MR) is 88.4 cm³/mol. The van der Waals surface area contributed by atoms with Gasteiger partial charge >= 0.3 is 6.09 Å². The molecule has 1 aromatic carbocycles. The van der Waals surface area contributed by atoms with Gasteiger partial charge in [0.05, 0.1) is 0 Å².